The third-order valence-corrected chi connectivity index (χ3v) is 11.6. The van der Waals surface area contributed by atoms with E-state index in [0.29, 0.717) is 28.1 Å². The molecule has 0 spiro atoms. The lowest BCUT2D eigenvalue weighted by Gasteiger charge is -2.48. The average molecular weight is 480 g/mol. The Morgan fingerprint density at radius 3 is 1.88 bits per heavy atom. The molecule has 4 saturated carbocycles. The van der Waals surface area contributed by atoms with Crippen molar-refractivity contribution in [2.45, 2.75) is 48.2 Å². The Labute approximate surface area is 199 Å². The number of rotatable bonds is 5. The maximum absolute atomic E-state index is 13.1. The van der Waals surface area contributed by atoms with E-state index in [2.05, 4.69) is 15.9 Å². The molecule has 0 aliphatic heterocycles. The van der Waals surface area contributed by atoms with E-state index in [-0.39, 0.29) is 41.1 Å². The first-order valence-corrected chi connectivity index (χ1v) is 14.0. The lowest BCUT2D eigenvalue weighted by molar-refractivity contribution is -0.0852. The van der Waals surface area contributed by atoms with Gasteiger partial charge in [0.15, 0.2) is 0 Å². The fourth-order valence-corrected chi connectivity index (χ4v) is 10.6. The maximum atomic E-state index is 13.1. The number of ether oxygens (including phenoxy) is 2. The predicted molar refractivity (Wildman–Crippen MR) is 133 cm³/mol. The fraction of sp³-hybridized carbons (Fsp3) is 0.481. The number of carbonyl (C=O) groups excluding carboxylic acids is 2. The highest BCUT2D eigenvalue weighted by Gasteiger charge is 2.75. The molecule has 6 heteroatoms. The van der Waals surface area contributed by atoms with Crippen LogP contribution in [0.25, 0.3) is 0 Å². The van der Waals surface area contributed by atoms with Crippen molar-refractivity contribution in [1.82, 2.24) is 0 Å². The third kappa shape index (κ3) is 3.24. The number of benzene rings is 2. The van der Waals surface area contributed by atoms with E-state index in [0.717, 1.165) is 15.0 Å². The van der Waals surface area contributed by atoms with Crippen LogP contribution in [0.1, 0.15) is 46.4 Å². The van der Waals surface area contributed by atoms with Crippen LogP contribution in [-0.4, -0.2) is 41.1 Å². The van der Waals surface area contributed by atoms with Crippen LogP contribution in [0.15, 0.2) is 60.7 Å². The summed E-state index contributed by atoms with van der Waals surface area (Å²) in [5.74, 6) is 0.945. The van der Waals surface area contributed by atoms with Crippen molar-refractivity contribution in [1.29, 1.82) is 0 Å². The first-order valence-electron chi connectivity index (χ1n) is 12.0. The largest absolute Gasteiger partial charge is 0.455 e. The summed E-state index contributed by atoms with van der Waals surface area (Å²) < 4.78 is 12.4. The summed E-state index contributed by atoms with van der Waals surface area (Å²) in [6, 6.07) is 18.3. The second kappa shape index (κ2) is 7.89. The lowest BCUT2D eigenvalue weighted by Crippen LogP contribution is -2.52. The molecule has 6 rings (SSSR count). The summed E-state index contributed by atoms with van der Waals surface area (Å²) in [6.07, 6.45) is 3.96. The van der Waals surface area contributed by atoms with Gasteiger partial charge in [-0.3, -0.25) is 0 Å². The van der Waals surface area contributed by atoms with Gasteiger partial charge < -0.3 is 9.47 Å². The molecular weight excluding hydrogens is 450 g/mol. The molecule has 0 aromatic heterocycles. The summed E-state index contributed by atoms with van der Waals surface area (Å²) in [4.78, 5) is 26.1. The first-order chi connectivity index (χ1) is 16.0. The van der Waals surface area contributed by atoms with Crippen LogP contribution in [-0.2, 0) is 9.47 Å². The summed E-state index contributed by atoms with van der Waals surface area (Å²) in [5, 5.41) is 0.594. The van der Waals surface area contributed by atoms with Gasteiger partial charge in [-0.2, -0.15) is 0 Å². The maximum Gasteiger partial charge on any atom is 0.338 e. The Bertz CT molecular complexity index is 1080. The van der Waals surface area contributed by atoms with E-state index >= 15 is 0 Å². The van der Waals surface area contributed by atoms with Crippen molar-refractivity contribution < 1.29 is 19.1 Å². The zero-order valence-corrected chi connectivity index (χ0v) is 20.9. The summed E-state index contributed by atoms with van der Waals surface area (Å²) in [6.45, 7) is 2.35. The van der Waals surface area contributed by atoms with Crippen molar-refractivity contribution in [3.8, 4) is 0 Å². The van der Waals surface area contributed by atoms with Crippen molar-refractivity contribution in [3.05, 3.63) is 71.8 Å². The van der Waals surface area contributed by atoms with Crippen molar-refractivity contribution >= 4 is 29.8 Å². The third-order valence-electron chi connectivity index (χ3n) is 9.01. The number of carbonyl (C=O) groups is 2. The number of hydrogen-bond acceptors (Lipinski definition) is 4. The van der Waals surface area contributed by atoms with Crippen LogP contribution >= 0.6 is 17.8 Å². The van der Waals surface area contributed by atoms with Gasteiger partial charge in [0, 0.05) is 11.8 Å². The molecule has 4 nitrogen and oxygen atoms in total. The summed E-state index contributed by atoms with van der Waals surface area (Å²) in [7, 11) is 4.11. The lowest BCUT2D eigenvalue weighted by atomic mass is 9.68. The number of hydrogen-bond donors (Lipinski definition) is 0. The molecule has 33 heavy (non-hydrogen) atoms. The van der Waals surface area contributed by atoms with Crippen LogP contribution in [0.3, 0.4) is 0 Å². The molecule has 0 heterocycles. The van der Waals surface area contributed by atoms with Gasteiger partial charge in [-0.15, -0.1) is 17.8 Å². The van der Waals surface area contributed by atoms with Crippen molar-refractivity contribution in [2.24, 2.45) is 23.7 Å². The number of esters is 2. The Balaban J connectivity index is 1.33. The van der Waals surface area contributed by atoms with Gasteiger partial charge in [-0.1, -0.05) is 36.4 Å². The van der Waals surface area contributed by atoms with E-state index < -0.39 is 0 Å². The van der Waals surface area contributed by atoms with E-state index in [1.54, 1.807) is 24.3 Å². The molecule has 4 bridgehead atoms. The summed E-state index contributed by atoms with van der Waals surface area (Å²) >= 11 is 0. The van der Waals surface area contributed by atoms with Crippen LogP contribution in [0.4, 0.5) is 0 Å². The van der Waals surface area contributed by atoms with Crippen molar-refractivity contribution in [2.75, 3.05) is 6.66 Å². The summed E-state index contributed by atoms with van der Waals surface area (Å²) in [5.41, 5.74) is 1.09. The second-order valence-electron chi connectivity index (χ2n) is 10.4. The van der Waals surface area contributed by atoms with Gasteiger partial charge in [0.2, 0.25) is 0 Å². The van der Waals surface area contributed by atoms with Gasteiger partial charge >= 0.3 is 11.9 Å². The van der Waals surface area contributed by atoms with Crippen LogP contribution < -0.4 is 0 Å². The second-order valence-corrected chi connectivity index (χ2v) is 13.0. The Morgan fingerprint density at radius 2 is 1.36 bits per heavy atom. The average Bonchev–Trinajstić information content (AvgIpc) is 3.57. The molecule has 4 fully saturated rings. The highest BCUT2D eigenvalue weighted by molar-refractivity contribution is 7.39. The van der Waals surface area contributed by atoms with E-state index in [1.807, 2.05) is 36.4 Å². The van der Waals surface area contributed by atoms with Gasteiger partial charge in [0.05, 0.1) is 11.1 Å². The monoisotopic (exact) mass is 480 g/mol. The SMILES string of the molecule is CPC12CCC(P)(C1)C1C3CC(C(OC(=O)c4ccccc4)C3OC(=O)c3ccccc3)C12. The Hall–Kier alpha value is -1.76. The van der Waals surface area contributed by atoms with Gasteiger partial charge in [0.1, 0.15) is 12.2 Å². The fourth-order valence-electron chi connectivity index (χ4n) is 7.85. The minimum absolute atomic E-state index is 0.235. The van der Waals surface area contributed by atoms with Crippen LogP contribution in [0.5, 0.6) is 0 Å². The molecule has 10 unspecified atom stereocenters. The quantitative estimate of drug-likeness (QED) is 0.336. The molecule has 0 radical (unpaired) electrons. The molecule has 4 aliphatic rings. The highest BCUT2D eigenvalue weighted by Crippen LogP contribution is 2.77. The number of fused-ring (bicyclic) bond motifs is 9. The van der Waals surface area contributed by atoms with E-state index in [9.17, 15) is 9.59 Å². The molecule has 0 saturated heterocycles. The predicted octanol–water partition coefficient (Wildman–Crippen LogP) is 5.18. The Morgan fingerprint density at radius 1 is 0.848 bits per heavy atom. The van der Waals surface area contributed by atoms with Gasteiger partial charge in [0.25, 0.3) is 0 Å². The zero-order chi connectivity index (χ0) is 22.8. The standard InChI is InChI=1S/C27H30O4P2/c1-33-27-13-12-26(32,15-27)20-18-14-19(21(20)27)23(31-25(29)17-10-6-3-7-11-17)22(18)30-24(28)16-8-4-2-5-9-16/h2-11,18-23,33H,12-15,32H2,1H3. The van der Waals surface area contributed by atoms with Gasteiger partial charge in [-0.05, 0) is 78.8 Å². The molecule has 2 aromatic carbocycles. The molecule has 10 atom stereocenters. The molecule has 0 amide bonds. The molecule has 2 aromatic rings. The van der Waals surface area contributed by atoms with Crippen molar-refractivity contribution in [3.63, 3.8) is 0 Å². The molecule has 172 valence electrons. The molecule has 0 N–H and O–H groups in total. The normalized spacial score (nSPS) is 40.3. The topological polar surface area (TPSA) is 52.6 Å². The minimum Gasteiger partial charge on any atom is -0.455 e. The minimum atomic E-state index is -0.384. The smallest absolute Gasteiger partial charge is 0.338 e. The molecule has 4 aliphatic carbocycles. The zero-order valence-electron chi connectivity index (χ0n) is 18.8. The van der Waals surface area contributed by atoms with E-state index in [4.69, 9.17) is 9.47 Å². The van der Waals surface area contributed by atoms with Gasteiger partial charge in [-0.25, -0.2) is 9.59 Å². The molecular formula is C27H30O4P2. The first kappa shape index (κ1) is 21.8. The Kier molecular flexibility index (Phi) is 5.20. The highest BCUT2D eigenvalue weighted by atomic mass is 31.1. The van der Waals surface area contributed by atoms with E-state index in [1.165, 1.54) is 19.3 Å². The van der Waals surface area contributed by atoms with Crippen LogP contribution in [0.2, 0.25) is 0 Å². The van der Waals surface area contributed by atoms with Crippen LogP contribution in [0, 0.1) is 23.7 Å².